The number of carbonyl (C=O) groups excluding carboxylic acids is 1. The van der Waals surface area contributed by atoms with Crippen molar-refractivity contribution < 1.29 is 9.42 Å². The molecule has 1 unspecified atom stereocenters. The van der Waals surface area contributed by atoms with Crippen LogP contribution in [0.4, 0.5) is 5.82 Å². The first-order valence-electron chi connectivity index (χ1n) is 10.0. The van der Waals surface area contributed by atoms with Gasteiger partial charge in [-0.15, -0.1) is 0 Å². The topological polar surface area (TPSA) is 128 Å². The molecule has 0 radical (unpaired) electrons. The first-order valence-corrected chi connectivity index (χ1v) is 10.0. The minimum Gasteiger partial charge on any atom is -0.379 e. The number of benzene rings is 1. The SMILES string of the molecule is CNC1CCN(C(=O)c2cnc(-c3ccccc3)c3nc(-c4nonc4N)n(C)c23)C1. The molecule has 1 aromatic carbocycles. The third kappa shape index (κ3) is 3.12. The largest absolute Gasteiger partial charge is 0.379 e. The summed E-state index contributed by atoms with van der Waals surface area (Å²) in [7, 11) is 3.74. The van der Waals surface area contributed by atoms with Gasteiger partial charge in [-0.1, -0.05) is 30.3 Å². The van der Waals surface area contributed by atoms with Crippen molar-refractivity contribution in [3.63, 3.8) is 0 Å². The quantitative estimate of drug-likeness (QED) is 0.512. The first kappa shape index (κ1) is 19.2. The number of imidazole rings is 1. The number of hydrogen-bond acceptors (Lipinski definition) is 8. The summed E-state index contributed by atoms with van der Waals surface area (Å²) in [5, 5.41) is 10.8. The minimum atomic E-state index is -0.0735. The van der Waals surface area contributed by atoms with Crippen molar-refractivity contribution in [1.29, 1.82) is 0 Å². The van der Waals surface area contributed by atoms with Crippen molar-refractivity contribution in [2.75, 3.05) is 25.9 Å². The second-order valence-corrected chi connectivity index (χ2v) is 7.60. The summed E-state index contributed by atoms with van der Waals surface area (Å²) in [6, 6.07) is 10.0. The maximum Gasteiger partial charge on any atom is 0.257 e. The molecule has 0 spiro atoms. The van der Waals surface area contributed by atoms with Crippen molar-refractivity contribution >= 4 is 22.8 Å². The molecule has 0 bridgehead atoms. The van der Waals surface area contributed by atoms with Gasteiger partial charge in [-0.2, -0.15) is 0 Å². The summed E-state index contributed by atoms with van der Waals surface area (Å²) < 4.78 is 6.58. The van der Waals surface area contributed by atoms with E-state index in [1.54, 1.807) is 10.8 Å². The van der Waals surface area contributed by atoms with Crippen LogP contribution in [-0.4, -0.2) is 61.8 Å². The number of pyridine rings is 1. The molecule has 1 aliphatic heterocycles. The zero-order chi connectivity index (χ0) is 21.5. The molecule has 10 heteroatoms. The van der Waals surface area contributed by atoms with E-state index in [1.807, 2.05) is 49.3 Å². The maximum absolute atomic E-state index is 13.4. The summed E-state index contributed by atoms with van der Waals surface area (Å²) in [5.74, 6) is 0.523. The summed E-state index contributed by atoms with van der Waals surface area (Å²) in [4.78, 5) is 24.7. The fourth-order valence-electron chi connectivity index (χ4n) is 4.10. The highest BCUT2D eigenvalue weighted by Crippen LogP contribution is 2.33. The fourth-order valence-corrected chi connectivity index (χ4v) is 4.10. The summed E-state index contributed by atoms with van der Waals surface area (Å²) >= 11 is 0. The second-order valence-electron chi connectivity index (χ2n) is 7.60. The number of amides is 1. The van der Waals surface area contributed by atoms with Crippen LogP contribution >= 0.6 is 0 Å². The standard InChI is InChI=1S/C21H22N8O2/c1-23-13-8-9-29(11-13)21(30)14-10-24-15(12-6-4-3-5-7-12)16-18(14)28(2)20(25-16)17-19(22)27-31-26-17/h3-7,10,13,23H,8-9,11H2,1-2H3,(H2,22,27). The van der Waals surface area contributed by atoms with Crippen molar-refractivity contribution in [3.05, 3.63) is 42.1 Å². The van der Waals surface area contributed by atoms with E-state index < -0.39 is 0 Å². The molecule has 31 heavy (non-hydrogen) atoms. The molecule has 0 saturated carbocycles. The molecule has 1 saturated heterocycles. The third-order valence-electron chi connectivity index (χ3n) is 5.78. The molecule has 0 aliphatic carbocycles. The van der Waals surface area contributed by atoms with Crippen LogP contribution in [0.25, 0.3) is 33.8 Å². The Labute approximate surface area is 178 Å². The van der Waals surface area contributed by atoms with Gasteiger partial charge in [-0.05, 0) is 23.8 Å². The molecule has 4 aromatic rings. The number of fused-ring (bicyclic) bond motifs is 1. The van der Waals surface area contributed by atoms with Crippen molar-refractivity contribution in [3.8, 4) is 22.8 Å². The van der Waals surface area contributed by atoms with Gasteiger partial charge in [0.05, 0.1) is 16.8 Å². The van der Waals surface area contributed by atoms with Gasteiger partial charge in [0, 0.05) is 37.9 Å². The van der Waals surface area contributed by atoms with Crippen LogP contribution in [0.3, 0.4) is 0 Å². The monoisotopic (exact) mass is 418 g/mol. The van der Waals surface area contributed by atoms with E-state index in [0.717, 1.165) is 12.0 Å². The van der Waals surface area contributed by atoms with Gasteiger partial charge in [-0.3, -0.25) is 9.78 Å². The first-order chi connectivity index (χ1) is 15.1. The minimum absolute atomic E-state index is 0.0735. The van der Waals surface area contributed by atoms with Gasteiger partial charge in [-0.25, -0.2) is 9.61 Å². The highest BCUT2D eigenvalue weighted by molar-refractivity contribution is 6.08. The Morgan fingerprint density at radius 3 is 2.71 bits per heavy atom. The van der Waals surface area contributed by atoms with E-state index in [9.17, 15) is 4.79 Å². The summed E-state index contributed by atoms with van der Waals surface area (Å²) in [6.07, 6.45) is 2.55. The normalized spacial score (nSPS) is 16.3. The Kier molecular flexibility index (Phi) is 4.63. The average molecular weight is 418 g/mol. The highest BCUT2D eigenvalue weighted by atomic mass is 16.6. The number of carbonyl (C=O) groups is 1. The van der Waals surface area contributed by atoms with Crippen molar-refractivity contribution in [2.45, 2.75) is 12.5 Å². The molecule has 3 N–H and O–H groups in total. The molecular formula is C21H22N8O2. The maximum atomic E-state index is 13.4. The van der Waals surface area contributed by atoms with Gasteiger partial charge in [0.2, 0.25) is 0 Å². The molecule has 3 aromatic heterocycles. The predicted molar refractivity (Wildman–Crippen MR) is 115 cm³/mol. The number of nitrogen functional groups attached to an aromatic ring is 1. The number of aromatic nitrogens is 5. The van der Waals surface area contributed by atoms with Gasteiger partial charge < -0.3 is 20.5 Å². The fraction of sp³-hybridized carbons (Fsp3) is 0.286. The van der Waals surface area contributed by atoms with Crippen LogP contribution in [0, 0.1) is 0 Å². The number of anilines is 1. The molecule has 1 atom stereocenters. The van der Waals surface area contributed by atoms with Crippen LogP contribution in [0.5, 0.6) is 0 Å². The molecule has 1 fully saturated rings. The summed E-state index contributed by atoms with van der Waals surface area (Å²) in [5.41, 5.74) is 9.59. The molecule has 10 nitrogen and oxygen atoms in total. The van der Waals surface area contributed by atoms with Crippen LogP contribution in [0.2, 0.25) is 0 Å². The summed E-state index contributed by atoms with van der Waals surface area (Å²) in [6.45, 7) is 1.35. The molecule has 1 amide bonds. The Bertz CT molecular complexity index is 1260. The molecular weight excluding hydrogens is 396 g/mol. The third-order valence-corrected chi connectivity index (χ3v) is 5.78. The van der Waals surface area contributed by atoms with Crippen LogP contribution in [0.1, 0.15) is 16.8 Å². The van der Waals surface area contributed by atoms with Gasteiger partial charge >= 0.3 is 0 Å². The predicted octanol–water partition coefficient (Wildman–Crippen LogP) is 1.70. The van der Waals surface area contributed by atoms with E-state index in [2.05, 4.69) is 20.6 Å². The lowest BCUT2D eigenvalue weighted by atomic mass is 10.1. The molecule has 5 rings (SSSR count). The van der Waals surface area contributed by atoms with Crippen molar-refractivity contribution in [2.24, 2.45) is 7.05 Å². The number of hydrogen-bond donors (Lipinski definition) is 2. The lowest BCUT2D eigenvalue weighted by Crippen LogP contribution is -2.33. The Morgan fingerprint density at radius 2 is 2.03 bits per heavy atom. The van der Waals surface area contributed by atoms with Crippen LogP contribution in [0.15, 0.2) is 41.2 Å². The number of rotatable bonds is 4. The van der Waals surface area contributed by atoms with E-state index in [1.165, 1.54) is 0 Å². The number of nitrogens with one attached hydrogen (secondary N) is 1. The van der Waals surface area contributed by atoms with Crippen LogP contribution in [-0.2, 0) is 7.05 Å². The number of aryl methyl sites for hydroxylation is 1. The Morgan fingerprint density at radius 1 is 1.23 bits per heavy atom. The lowest BCUT2D eigenvalue weighted by molar-refractivity contribution is 0.0791. The van der Waals surface area contributed by atoms with E-state index >= 15 is 0 Å². The lowest BCUT2D eigenvalue weighted by Gasteiger charge is -2.17. The van der Waals surface area contributed by atoms with Gasteiger partial charge in [0.1, 0.15) is 5.52 Å². The second kappa shape index (κ2) is 7.47. The molecule has 4 heterocycles. The van der Waals surface area contributed by atoms with Gasteiger partial charge in [0.25, 0.3) is 5.91 Å². The number of likely N-dealkylation sites (N-methyl/N-ethyl adjacent to an activating group) is 1. The average Bonchev–Trinajstić information content (AvgIpc) is 3.52. The van der Waals surface area contributed by atoms with Crippen LogP contribution < -0.4 is 11.1 Å². The van der Waals surface area contributed by atoms with E-state index in [4.69, 9.17) is 15.3 Å². The molecule has 1 aliphatic rings. The zero-order valence-corrected chi connectivity index (χ0v) is 17.2. The molecule has 158 valence electrons. The van der Waals surface area contributed by atoms with E-state index in [0.29, 0.717) is 52.9 Å². The number of nitrogens with two attached hydrogens (primary N) is 1. The van der Waals surface area contributed by atoms with Gasteiger partial charge in [0.15, 0.2) is 17.3 Å². The highest BCUT2D eigenvalue weighted by Gasteiger charge is 2.30. The number of likely N-dealkylation sites (tertiary alicyclic amines) is 1. The Balaban J connectivity index is 1.71. The zero-order valence-electron chi connectivity index (χ0n) is 17.2. The van der Waals surface area contributed by atoms with E-state index in [-0.39, 0.29) is 11.7 Å². The smallest absolute Gasteiger partial charge is 0.257 e. The number of nitrogens with zero attached hydrogens (tertiary/aromatic N) is 6. The Hall–Kier alpha value is -3.79. The van der Waals surface area contributed by atoms with Crippen molar-refractivity contribution in [1.82, 2.24) is 35.1 Å².